The molecule has 0 aliphatic heterocycles. The van der Waals surface area contributed by atoms with Gasteiger partial charge in [-0.15, -0.1) is 0 Å². The molecule has 0 bridgehead atoms. The second-order valence-corrected chi connectivity index (χ2v) is 7.63. The number of hydrogen-bond acceptors (Lipinski definition) is 4. The summed E-state index contributed by atoms with van der Waals surface area (Å²) >= 11 is 0. The predicted octanol–water partition coefficient (Wildman–Crippen LogP) is 4.93. The molecule has 5 heteroatoms. The van der Waals surface area contributed by atoms with Gasteiger partial charge in [0.05, 0.1) is 13.0 Å². The van der Waals surface area contributed by atoms with Crippen LogP contribution in [0.5, 0.6) is 0 Å². The summed E-state index contributed by atoms with van der Waals surface area (Å²) < 4.78 is 5.21. The zero-order chi connectivity index (χ0) is 19.6. The summed E-state index contributed by atoms with van der Waals surface area (Å²) in [4.78, 5) is 22.8. The molecule has 1 atom stereocenters. The highest BCUT2D eigenvalue weighted by Crippen LogP contribution is 2.10. The smallest absolute Gasteiger partial charge is 0.320 e. The average Bonchev–Trinajstić information content (AvgIpc) is 2.58. The lowest BCUT2D eigenvalue weighted by Crippen LogP contribution is -2.39. The fourth-order valence-electron chi connectivity index (χ4n) is 2.94. The van der Waals surface area contributed by atoms with Crippen LogP contribution in [0.1, 0.15) is 97.8 Å². The lowest BCUT2D eigenvalue weighted by atomic mass is 10.0. The second-order valence-electron chi connectivity index (χ2n) is 7.63. The van der Waals surface area contributed by atoms with Crippen molar-refractivity contribution in [2.75, 3.05) is 13.2 Å². The molecule has 0 aliphatic carbocycles. The first-order chi connectivity index (χ1) is 12.5. The average molecular weight is 372 g/mol. The molecule has 0 amide bonds. The quantitative estimate of drug-likeness (QED) is 0.264. The second kappa shape index (κ2) is 17.3. The third-order valence-electron chi connectivity index (χ3n) is 4.49. The molecule has 0 aromatic rings. The van der Waals surface area contributed by atoms with Crippen molar-refractivity contribution in [3.8, 4) is 0 Å². The Kier molecular flexibility index (Phi) is 16.6. The summed E-state index contributed by atoms with van der Waals surface area (Å²) in [5.41, 5.74) is 0. The first kappa shape index (κ1) is 24.9. The number of ether oxygens (including phenoxy) is 1. The minimum absolute atomic E-state index is 0.222. The summed E-state index contributed by atoms with van der Waals surface area (Å²) in [6.07, 6.45) is 13.3. The summed E-state index contributed by atoms with van der Waals surface area (Å²) in [6, 6.07) is -0.593. The first-order valence-corrected chi connectivity index (χ1v) is 10.6. The van der Waals surface area contributed by atoms with Crippen LogP contribution in [0.4, 0.5) is 0 Å². The fourth-order valence-corrected chi connectivity index (χ4v) is 2.94. The van der Waals surface area contributed by atoms with Crippen molar-refractivity contribution in [3.63, 3.8) is 0 Å². The zero-order valence-electron chi connectivity index (χ0n) is 17.2. The van der Waals surface area contributed by atoms with Gasteiger partial charge in [0, 0.05) is 6.54 Å². The molecule has 0 saturated carbocycles. The van der Waals surface area contributed by atoms with E-state index in [4.69, 9.17) is 9.84 Å². The van der Waals surface area contributed by atoms with Gasteiger partial charge in [0.1, 0.15) is 6.04 Å². The lowest BCUT2D eigenvalue weighted by Gasteiger charge is -2.16. The molecule has 154 valence electrons. The number of nitrogens with one attached hydrogen (secondary N) is 1. The molecule has 26 heavy (non-hydrogen) atoms. The Bertz CT molecular complexity index is 358. The van der Waals surface area contributed by atoms with Crippen LogP contribution in [0.25, 0.3) is 0 Å². The third kappa shape index (κ3) is 16.4. The van der Waals surface area contributed by atoms with Gasteiger partial charge in [-0.1, -0.05) is 78.6 Å². The van der Waals surface area contributed by atoms with E-state index in [9.17, 15) is 9.59 Å². The normalized spacial score (nSPS) is 12.3. The van der Waals surface area contributed by atoms with Gasteiger partial charge in [-0.05, 0) is 18.8 Å². The van der Waals surface area contributed by atoms with Crippen molar-refractivity contribution in [3.05, 3.63) is 0 Å². The van der Waals surface area contributed by atoms with E-state index >= 15 is 0 Å². The van der Waals surface area contributed by atoms with Gasteiger partial charge >= 0.3 is 11.9 Å². The monoisotopic (exact) mass is 371 g/mol. The highest BCUT2D eigenvalue weighted by Gasteiger charge is 2.18. The van der Waals surface area contributed by atoms with E-state index in [1.165, 1.54) is 51.4 Å². The third-order valence-corrected chi connectivity index (χ3v) is 4.49. The summed E-state index contributed by atoms with van der Waals surface area (Å²) in [7, 11) is 0. The number of carbonyl (C=O) groups is 2. The summed E-state index contributed by atoms with van der Waals surface area (Å²) in [5, 5.41) is 12.0. The Morgan fingerprint density at radius 2 is 1.46 bits per heavy atom. The van der Waals surface area contributed by atoms with E-state index in [1.54, 1.807) is 0 Å². The van der Waals surface area contributed by atoms with Crippen LogP contribution in [-0.2, 0) is 14.3 Å². The van der Waals surface area contributed by atoms with Crippen LogP contribution in [0.3, 0.4) is 0 Å². The maximum absolute atomic E-state index is 11.7. The molecule has 1 unspecified atom stereocenters. The minimum atomic E-state index is -0.863. The molecule has 0 aliphatic rings. The molecule has 5 nitrogen and oxygen atoms in total. The molecular formula is C21H41NO4. The van der Waals surface area contributed by atoms with E-state index in [2.05, 4.69) is 12.2 Å². The van der Waals surface area contributed by atoms with Gasteiger partial charge in [0.15, 0.2) is 0 Å². The Labute approximate surface area is 160 Å². The van der Waals surface area contributed by atoms with Crippen LogP contribution in [0, 0.1) is 5.92 Å². The number of carboxylic acids is 1. The van der Waals surface area contributed by atoms with Crippen LogP contribution < -0.4 is 5.32 Å². The van der Waals surface area contributed by atoms with Crippen LogP contribution in [0.2, 0.25) is 0 Å². The van der Waals surface area contributed by atoms with Crippen molar-refractivity contribution >= 4 is 11.9 Å². The number of unbranched alkanes of at least 4 members (excludes halogenated alkanes) is 9. The maximum atomic E-state index is 11.7. The minimum Gasteiger partial charge on any atom is -0.480 e. The zero-order valence-corrected chi connectivity index (χ0v) is 17.2. The molecule has 0 fully saturated rings. The van der Waals surface area contributed by atoms with Gasteiger partial charge in [-0.25, -0.2) is 0 Å². The fraction of sp³-hybridized carbons (Fsp3) is 0.905. The Hall–Kier alpha value is -1.10. The van der Waals surface area contributed by atoms with E-state index in [1.807, 2.05) is 13.8 Å². The Balaban J connectivity index is 3.47. The van der Waals surface area contributed by atoms with Gasteiger partial charge in [0.25, 0.3) is 0 Å². The lowest BCUT2D eigenvalue weighted by molar-refractivity contribution is -0.144. The molecule has 0 rings (SSSR count). The van der Waals surface area contributed by atoms with Gasteiger partial charge in [-0.2, -0.15) is 0 Å². The first-order valence-electron chi connectivity index (χ1n) is 10.6. The largest absolute Gasteiger partial charge is 0.480 e. The standard InChI is InChI=1S/C21H41NO4/c1-4-5-6-7-8-9-10-11-12-13-16-26-20(23)14-15-22-19(21(24)25)17-18(2)3/h18-19,22H,4-17H2,1-3H3,(H,24,25). The van der Waals surface area contributed by atoms with E-state index < -0.39 is 12.0 Å². The molecule has 0 heterocycles. The predicted molar refractivity (Wildman–Crippen MR) is 106 cm³/mol. The van der Waals surface area contributed by atoms with Crippen LogP contribution in [0.15, 0.2) is 0 Å². The number of carbonyl (C=O) groups excluding carboxylic acids is 1. The Morgan fingerprint density at radius 1 is 0.923 bits per heavy atom. The molecular weight excluding hydrogens is 330 g/mol. The molecule has 0 spiro atoms. The molecule has 0 radical (unpaired) electrons. The van der Waals surface area contributed by atoms with E-state index in [0.717, 1.165) is 12.8 Å². The van der Waals surface area contributed by atoms with Gasteiger partial charge in [-0.3, -0.25) is 9.59 Å². The van der Waals surface area contributed by atoms with Crippen LogP contribution >= 0.6 is 0 Å². The highest BCUT2D eigenvalue weighted by molar-refractivity contribution is 5.73. The Morgan fingerprint density at radius 3 is 1.96 bits per heavy atom. The van der Waals surface area contributed by atoms with Crippen molar-refractivity contribution in [2.24, 2.45) is 5.92 Å². The molecule has 0 aromatic heterocycles. The van der Waals surface area contributed by atoms with E-state index in [0.29, 0.717) is 25.5 Å². The van der Waals surface area contributed by atoms with Crippen molar-refractivity contribution < 1.29 is 19.4 Å². The SMILES string of the molecule is CCCCCCCCCCCCOC(=O)CCNC(CC(C)C)C(=O)O. The van der Waals surface area contributed by atoms with Crippen molar-refractivity contribution in [2.45, 2.75) is 104 Å². The van der Waals surface area contributed by atoms with Crippen molar-refractivity contribution in [1.29, 1.82) is 0 Å². The van der Waals surface area contributed by atoms with Crippen LogP contribution in [-0.4, -0.2) is 36.2 Å². The van der Waals surface area contributed by atoms with E-state index in [-0.39, 0.29) is 12.4 Å². The van der Waals surface area contributed by atoms with Gasteiger partial charge in [0.2, 0.25) is 0 Å². The van der Waals surface area contributed by atoms with Crippen molar-refractivity contribution in [1.82, 2.24) is 5.32 Å². The number of carboxylic acid groups (broad SMARTS) is 1. The maximum Gasteiger partial charge on any atom is 0.320 e. The number of hydrogen-bond donors (Lipinski definition) is 2. The highest BCUT2D eigenvalue weighted by atomic mass is 16.5. The summed E-state index contributed by atoms with van der Waals surface area (Å²) in [5.74, 6) is -0.813. The van der Waals surface area contributed by atoms with Gasteiger partial charge < -0.3 is 15.2 Å². The number of esters is 1. The molecule has 0 saturated heterocycles. The summed E-state index contributed by atoms with van der Waals surface area (Å²) in [6.45, 7) is 7.03. The number of rotatable bonds is 18. The molecule has 0 aromatic carbocycles. The number of aliphatic carboxylic acids is 1. The molecule has 2 N–H and O–H groups in total. The topological polar surface area (TPSA) is 75.6 Å².